The topological polar surface area (TPSA) is 126 Å². The van der Waals surface area contributed by atoms with Crippen molar-refractivity contribution in [2.45, 2.75) is 59.1 Å². The van der Waals surface area contributed by atoms with Crippen molar-refractivity contribution in [2.24, 2.45) is 0 Å². The van der Waals surface area contributed by atoms with Gasteiger partial charge < -0.3 is 20.3 Å². The van der Waals surface area contributed by atoms with Crippen molar-refractivity contribution in [1.82, 2.24) is 14.9 Å². The second-order valence-corrected chi connectivity index (χ2v) is 9.98. The molecule has 0 saturated carbocycles. The summed E-state index contributed by atoms with van der Waals surface area (Å²) in [7, 11) is 0. The molecule has 0 bridgehead atoms. The Morgan fingerprint density at radius 1 is 0.897 bits per heavy atom. The van der Waals surface area contributed by atoms with Crippen LogP contribution >= 0.6 is 0 Å². The monoisotopic (exact) mass is 532 g/mol. The number of anilines is 3. The molecule has 2 heterocycles. The number of ether oxygens (including phenoxy) is 1. The molecule has 3 rings (SSSR count). The number of benzene rings is 1. The highest BCUT2D eigenvalue weighted by atomic mass is 16.6. The summed E-state index contributed by atoms with van der Waals surface area (Å²) in [4.78, 5) is 48.1. The van der Waals surface area contributed by atoms with E-state index in [0.717, 1.165) is 24.8 Å². The number of carbonyl (C=O) groups is 3. The number of urea groups is 1. The Morgan fingerprint density at radius 2 is 1.64 bits per heavy atom. The first-order chi connectivity index (χ1) is 18.6. The molecule has 10 heteroatoms. The molecule has 1 aromatic carbocycles. The molecule has 4 amide bonds. The van der Waals surface area contributed by atoms with Gasteiger partial charge in [0.2, 0.25) is 0 Å². The van der Waals surface area contributed by atoms with Crippen LogP contribution in [0.4, 0.5) is 26.7 Å². The SMILES string of the molecule is CCCCCN(Cc1ccc(C(=O)Nc2ccccc2NC(=O)OC(C)(C)C)nc1)C(=O)Nc1cccnc1. The van der Waals surface area contributed by atoms with Gasteiger partial charge in [0.1, 0.15) is 11.3 Å². The van der Waals surface area contributed by atoms with Crippen molar-refractivity contribution >= 4 is 35.1 Å². The van der Waals surface area contributed by atoms with E-state index in [4.69, 9.17) is 4.74 Å². The zero-order chi connectivity index (χ0) is 28.3. The molecule has 3 aromatic rings. The first-order valence-corrected chi connectivity index (χ1v) is 13.0. The van der Waals surface area contributed by atoms with Crippen LogP contribution in [-0.4, -0.2) is 45.0 Å². The minimum absolute atomic E-state index is 0.197. The summed E-state index contributed by atoms with van der Waals surface area (Å²) in [5.41, 5.74) is 1.76. The zero-order valence-electron chi connectivity index (χ0n) is 22.9. The lowest BCUT2D eigenvalue weighted by Gasteiger charge is -2.23. The number of nitrogens with zero attached hydrogens (tertiary/aromatic N) is 3. The normalized spacial score (nSPS) is 10.9. The molecule has 10 nitrogen and oxygen atoms in total. The van der Waals surface area contributed by atoms with Gasteiger partial charge >= 0.3 is 12.1 Å². The highest BCUT2D eigenvalue weighted by molar-refractivity contribution is 6.05. The largest absolute Gasteiger partial charge is 0.444 e. The van der Waals surface area contributed by atoms with Gasteiger partial charge in [-0.2, -0.15) is 0 Å². The minimum Gasteiger partial charge on any atom is -0.444 e. The van der Waals surface area contributed by atoms with Gasteiger partial charge in [0.25, 0.3) is 5.91 Å². The highest BCUT2D eigenvalue weighted by Gasteiger charge is 2.19. The molecule has 0 fully saturated rings. The number of carbonyl (C=O) groups excluding carboxylic acids is 3. The smallest absolute Gasteiger partial charge is 0.412 e. The fraction of sp³-hybridized carbons (Fsp3) is 0.345. The highest BCUT2D eigenvalue weighted by Crippen LogP contribution is 2.23. The standard InChI is InChI=1S/C29H36N6O4/c1-5-6-9-17-35(27(37)32-22-11-10-16-30-19-22)20-21-14-15-25(31-18-21)26(36)33-23-12-7-8-13-24(23)34-28(38)39-29(2,3)4/h7-8,10-16,18-19H,5-6,9,17,20H2,1-4H3,(H,32,37)(H,33,36)(H,34,38). The summed E-state index contributed by atoms with van der Waals surface area (Å²) in [6, 6.07) is 13.5. The summed E-state index contributed by atoms with van der Waals surface area (Å²) >= 11 is 0. The van der Waals surface area contributed by atoms with Gasteiger partial charge in [-0.1, -0.05) is 38.0 Å². The van der Waals surface area contributed by atoms with Gasteiger partial charge in [-0.3, -0.25) is 20.1 Å². The lowest BCUT2D eigenvalue weighted by molar-refractivity contribution is 0.0635. The first kappa shape index (κ1) is 29.1. The molecular weight excluding hydrogens is 496 g/mol. The summed E-state index contributed by atoms with van der Waals surface area (Å²) in [5.74, 6) is -0.436. The molecule has 2 aromatic heterocycles. The molecule has 0 radical (unpaired) electrons. The van der Waals surface area contributed by atoms with Gasteiger partial charge in [0.15, 0.2) is 0 Å². The maximum Gasteiger partial charge on any atom is 0.412 e. The number of nitrogens with one attached hydrogen (secondary N) is 3. The lowest BCUT2D eigenvalue weighted by Crippen LogP contribution is -2.35. The van der Waals surface area contributed by atoms with E-state index in [1.807, 2.05) is 0 Å². The van der Waals surface area contributed by atoms with E-state index in [1.165, 1.54) is 0 Å². The van der Waals surface area contributed by atoms with Crippen LogP contribution < -0.4 is 16.0 Å². The van der Waals surface area contributed by atoms with E-state index in [2.05, 4.69) is 32.8 Å². The molecular formula is C29H36N6O4. The molecule has 0 aliphatic heterocycles. The summed E-state index contributed by atoms with van der Waals surface area (Å²) in [6.07, 6.45) is 7.14. The minimum atomic E-state index is -0.654. The number of aromatic nitrogens is 2. The third kappa shape index (κ3) is 9.73. The number of hydrogen-bond donors (Lipinski definition) is 3. The van der Waals surface area contributed by atoms with E-state index in [9.17, 15) is 14.4 Å². The van der Waals surface area contributed by atoms with Crippen LogP contribution in [0.2, 0.25) is 0 Å². The lowest BCUT2D eigenvalue weighted by atomic mass is 10.2. The van der Waals surface area contributed by atoms with Crippen molar-refractivity contribution in [2.75, 3.05) is 22.5 Å². The molecule has 0 saturated heterocycles. The number of pyridine rings is 2. The molecule has 3 N–H and O–H groups in total. The Labute approximate surface area is 229 Å². The van der Waals surface area contributed by atoms with Gasteiger partial charge in [0.05, 0.1) is 23.3 Å². The zero-order valence-corrected chi connectivity index (χ0v) is 22.9. The van der Waals surface area contributed by atoms with Gasteiger partial charge in [0, 0.05) is 25.5 Å². The van der Waals surface area contributed by atoms with Crippen LogP contribution in [0.3, 0.4) is 0 Å². The van der Waals surface area contributed by atoms with Crippen LogP contribution in [0.15, 0.2) is 67.1 Å². The van der Waals surface area contributed by atoms with Gasteiger partial charge in [-0.15, -0.1) is 0 Å². The Kier molecular flexibility index (Phi) is 10.4. The Balaban J connectivity index is 1.65. The van der Waals surface area contributed by atoms with Crippen molar-refractivity contribution < 1.29 is 19.1 Å². The summed E-state index contributed by atoms with van der Waals surface area (Å²) < 4.78 is 5.30. The van der Waals surface area contributed by atoms with Crippen LogP contribution in [-0.2, 0) is 11.3 Å². The van der Waals surface area contributed by atoms with E-state index >= 15 is 0 Å². The average molecular weight is 533 g/mol. The van der Waals surface area contributed by atoms with Crippen molar-refractivity contribution in [3.63, 3.8) is 0 Å². The Hall–Kier alpha value is -4.47. The first-order valence-electron chi connectivity index (χ1n) is 13.0. The van der Waals surface area contributed by atoms with Gasteiger partial charge in [-0.25, -0.2) is 9.59 Å². The third-order valence-corrected chi connectivity index (χ3v) is 5.47. The van der Waals surface area contributed by atoms with E-state index in [-0.39, 0.29) is 11.7 Å². The van der Waals surface area contributed by atoms with Crippen LogP contribution in [0.5, 0.6) is 0 Å². The van der Waals surface area contributed by atoms with Gasteiger partial charge in [-0.05, 0) is 63.1 Å². The summed E-state index contributed by atoms with van der Waals surface area (Å²) in [5, 5.41) is 8.32. The number of para-hydroxylation sites is 2. The second-order valence-electron chi connectivity index (χ2n) is 9.98. The molecule has 0 spiro atoms. The molecule has 0 aliphatic rings. The van der Waals surface area contributed by atoms with E-state index in [1.54, 1.807) is 92.8 Å². The van der Waals surface area contributed by atoms with Crippen molar-refractivity contribution in [1.29, 1.82) is 0 Å². The fourth-order valence-electron chi connectivity index (χ4n) is 3.62. The van der Waals surface area contributed by atoms with Crippen LogP contribution in [0.1, 0.15) is 63.0 Å². The Morgan fingerprint density at radius 3 is 2.26 bits per heavy atom. The quantitative estimate of drug-likeness (QED) is 0.263. The van der Waals surface area contributed by atoms with Crippen molar-refractivity contribution in [3.8, 4) is 0 Å². The predicted molar refractivity (Wildman–Crippen MR) is 152 cm³/mol. The number of hydrogen-bond acceptors (Lipinski definition) is 6. The maximum absolute atomic E-state index is 12.9. The van der Waals surface area contributed by atoms with Crippen LogP contribution in [0, 0.1) is 0 Å². The van der Waals surface area contributed by atoms with Crippen molar-refractivity contribution in [3.05, 3.63) is 78.4 Å². The van der Waals surface area contributed by atoms with Crippen LogP contribution in [0.25, 0.3) is 0 Å². The third-order valence-electron chi connectivity index (χ3n) is 5.47. The molecule has 0 aliphatic carbocycles. The second kappa shape index (κ2) is 13.9. The summed E-state index contributed by atoms with van der Waals surface area (Å²) in [6.45, 7) is 8.35. The number of rotatable bonds is 10. The van der Waals surface area contributed by atoms with E-state index < -0.39 is 17.6 Å². The molecule has 0 unspecified atom stereocenters. The maximum atomic E-state index is 12.9. The molecule has 0 atom stereocenters. The average Bonchev–Trinajstić information content (AvgIpc) is 2.89. The molecule has 39 heavy (non-hydrogen) atoms. The molecule has 206 valence electrons. The number of unbranched alkanes of at least 4 members (excludes halogenated alkanes) is 2. The number of amides is 4. The Bertz CT molecular complexity index is 1240. The predicted octanol–water partition coefficient (Wildman–Crippen LogP) is 6.30. The van der Waals surface area contributed by atoms with E-state index in [0.29, 0.717) is 30.2 Å². The fourth-order valence-corrected chi connectivity index (χ4v) is 3.62.